The molecule has 1 fully saturated rings. The average Bonchev–Trinajstić information content (AvgIpc) is 3.13. The maximum atomic E-state index is 13.5. The van der Waals surface area contributed by atoms with E-state index in [0.717, 1.165) is 0 Å². The van der Waals surface area contributed by atoms with Crippen LogP contribution in [0.4, 0.5) is 15.8 Å². The van der Waals surface area contributed by atoms with Crippen molar-refractivity contribution in [3.8, 4) is 0 Å². The van der Waals surface area contributed by atoms with Crippen LogP contribution in [0.25, 0.3) is 0 Å². The van der Waals surface area contributed by atoms with Gasteiger partial charge >= 0.3 is 0 Å². The van der Waals surface area contributed by atoms with E-state index in [4.69, 9.17) is 0 Å². The van der Waals surface area contributed by atoms with Crippen LogP contribution in [0.3, 0.4) is 0 Å². The Morgan fingerprint density at radius 2 is 1.88 bits per heavy atom. The van der Waals surface area contributed by atoms with E-state index < -0.39 is 11.7 Å². The highest BCUT2D eigenvalue weighted by atomic mass is 32.2. The van der Waals surface area contributed by atoms with Gasteiger partial charge in [0.25, 0.3) is 5.91 Å². The Balaban J connectivity index is 1.72. The highest BCUT2D eigenvalue weighted by Crippen LogP contribution is 2.28. The van der Waals surface area contributed by atoms with Gasteiger partial charge in [-0.15, -0.1) is 10.2 Å². The number of hydrogen-bond acceptors (Lipinski definition) is 5. The minimum atomic E-state index is -0.466. The number of nitrogens with zero attached hydrogens (tertiary/aromatic N) is 3. The lowest BCUT2D eigenvalue weighted by atomic mass is 10.1. The van der Waals surface area contributed by atoms with Gasteiger partial charge in [0.15, 0.2) is 10.9 Å². The summed E-state index contributed by atoms with van der Waals surface area (Å²) in [7, 11) is 0. The number of amides is 2. The van der Waals surface area contributed by atoms with Gasteiger partial charge in [-0.1, -0.05) is 30.0 Å². The quantitative estimate of drug-likeness (QED) is 0.843. The average molecular weight is 354 g/mol. The van der Waals surface area contributed by atoms with E-state index in [9.17, 15) is 14.0 Å². The third kappa shape index (κ3) is 2.80. The van der Waals surface area contributed by atoms with Crippen molar-refractivity contribution in [2.75, 3.05) is 16.0 Å². The molecule has 0 spiro atoms. The molecule has 0 atom stereocenters. The molecule has 0 radical (unpaired) electrons. The van der Waals surface area contributed by atoms with Crippen molar-refractivity contribution < 1.29 is 14.0 Å². The monoisotopic (exact) mass is 354 g/mol. The summed E-state index contributed by atoms with van der Waals surface area (Å²) in [4.78, 5) is 25.6. The molecular weight excluding hydrogens is 343 g/mol. The summed E-state index contributed by atoms with van der Waals surface area (Å²) in [5.74, 6) is -0.786. The Kier molecular flexibility index (Phi) is 3.81. The molecule has 25 heavy (non-hydrogen) atoms. The smallest absolute Gasteiger partial charge is 0.276 e. The molecule has 8 heteroatoms. The standard InChI is InChI=1S/C17H11FN4O2S/c18-10-6-7-13-12(8-10)15(16(24)19-13)20-21-17-22(14(23)9-25-17)11-4-2-1-3-5-11/h1-8H,9H2,(H,19,20,24). The Labute approximate surface area is 146 Å². The third-order valence-corrected chi connectivity index (χ3v) is 4.63. The Hall–Kier alpha value is -3.00. The predicted molar refractivity (Wildman–Crippen MR) is 95.4 cm³/mol. The first-order chi connectivity index (χ1) is 12.1. The van der Waals surface area contributed by atoms with E-state index in [1.165, 1.54) is 34.9 Å². The van der Waals surface area contributed by atoms with Crippen LogP contribution < -0.4 is 10.2 Å². The fourth-order valence-corrected chi connectivity index (χ4v) is 3.40. The highest BCUT2D eigenvalue weighted by molar-refractivity contribution is 8.15. The number of halogens is 1. The first kappa shape index (κ1) is 15.5. The third-order valence-electron chi connectivity index (χ3n) is 3.72. The van der Waals surface area contributed by atoms with Gasteiger partial charge < -0.3 is 5.32 Å². The van der Waals surface area contributed by atoms with Crippen LogP contribution in [0.2, 0.25) is 0 Å². The van der Waals surface area contributed by atoms with Crippen LogP contribution in [-0.2, 0) is 9.59 Å². The first-order valence-electron chi connectivity index (χ1n) is 7.41. The first-order valence-corrected chi connectivity index (χ1v) is 8.40. The molecule has 0 aliphatic carbocycles. The lowest BCUT2D eigenvalue weighted by molar-refractivity contribution is -0.115. The van der Waals surface area contributed by atoms with Crippen LogP contribution in [0, 0.1) is 5.82 Å². The maximum absolute atomic E-state index is 13.5. The van der Waals surface area contributed by atoms with Crippen molar-refractivity contribution in [2.45, 2.75) is 0 Å². The van der Waals surface area contributed by atoms with Gasteiger partial charge in [0.05, 0.1) is 17.1 Å². The van der Waals surface area contributed by atoms with Crippen LogP contribution in [0.1, 0.15) is 5.56 Å². The van der Waals surface area contributed by atoms with E-state index in [1.54, 1.807) is 12.1 Å². The number of fused-ring (bicyclic) bond motifs is 1. The van der Waals surface area contributed by atoms with E-state index in [1.807, 2.05) is 18.2 Å². The second-order valence-electron chi connectivity index (χ2n) is 5.33. The molecule has 2 amide bonds. The minimum absolute atomic E-state index is 0.0231. The molecule has 2 aromatic rings. The molecule has 1 N–H and O–H groups in total. The zero-order valence-corrected chi connectivity index (χ0v) is 13.6. The Morgan fingerprint density at radius 3 is 2.68 bits per heavy atom. The summed E-state index contributed by atoms with van der Waals surface area (Å²) < 4.78 is 13.5. The molecule has 2 aliphatic heterocycles. The molecule has 6 nitrogen and oxygen atoms in total. The second kappa shape index (κ2) is 6.14. The lowest BCUT2D eigenvalue weighted by Gasteiger charge is -2.14. The minimum Gasteiger partial charge on any atom is -0.320 e. The van der Waals surface area contributed by atoms with Gasteiger partial charge in [0, 0.05) is 5.56 Å². The molecule has 1 saturated heterocycles. The zero-order valence-electron chi connectivity index (χ0n) is 12.8. The van der Waals surface area contributed by atoms with Gasteiger partial charge in [-0.2, -0.15) is 0 Å². The summed E-state index contributed by atoms with van der Waals surface area (Å²) >= 11 is 1.24. The largest absolute Gasteiger partial charge is 0.320 e. The number of para-hydroxylation sites is 1. The summed E-state index contributed by atoms with van der Waals surface area (Å²) in [6, 6.07) is 13.0. The van der Waals surface area contributed by atoms with E-state index in [-0.39, 0.29) is 17.4 Å². The second-order valence-corrected chi connectivity index (χ2v) is 6.27. The fraction of sp³-hybridized carbons (Fsp3) is 0.0588. The summed E-state index contributed by atoms with van der Waals surface area (Å²) in [6.45, 7) is 0. The molecule has 0 aromatic heterocycles. The summed E-state index contributed by atoms with van der Waals surface area (Å²) in [5, 5.41) is 11.1. The summed E-state index contributed by atoms with van der Waals surface area (Å²) in [6.07, 6.45) is 0. The molecule has 0 unspecified atom stereocenters. The van der Waals surface area contributed by atoms with Gasteiger partial charge in [-0.05, 0) is 30.3 Å². The number of anilines is 2. The van der Waals surface area contributed by atoms with Crippen molar-refractivity contribution in [3.63, 3.8) is 0 Å². The molecule has 2 aromatic carbocycles. The molecule has 2 heterocycles. The Morgan fingerprint density at radius 1 is 1.08 bits per heavy atom. The Bertz CT molecular complexity index is 943. The normalized spacial score (nSPS) is 19.6. The maximum Gasteiger partial charge on any atom is 0.276 e. The van der Waals surface area contributed by atoms with Gasteiger partial charge in [-0.3, -0.25) is 14.5 Å². The number of carbonyl (C=O) groups excluding carboxylic acids is 2. The molecule has 0 saturated carbocycles. The van der Waals surface area contributed by atoms with Crippen molar-refractivity contribution in [3.05, 3.63) is 59.9 Å². The molecule has 4 rings (SSSR count). The highest BCUT2D eigenvalue weighted by Gasteiger charge is 2.31. The van der Waals surface area contributed by atoms with Crippen LogP contribution >= 0.6 is 11.8 Å². The molecular formula is C17H11FN4O2S. The molecule has 124 valence electrons. The zero-order chi connectivity index (χ0) is 17.4. The van der Waals surface area contributed by atoms with Crippen molar-refractivity contribution in [1.29, 1.82) is 0 Å². The fourth-order valence-electron chi connectivity index (χ4n) is 2.58. The number of carbonyl (C=O) groups is 2. The number of amidine groups is 1. The number of thioether (sulfide) groups is 1. The molecule has 0 bridgehead atoms. The van der Waals surface area contributed by atoms with Crippen molar-refractivity contribution in [1.82, 2.24) is 0 Å². The number of nitrogens with one attached hydrogen (secondary N) is 1. The van der Waals surface area contributed by atoms with Gasteiger partial charge in [0.1, 0.15) is 5.82 Å². The topological polar surface area (TPSA) is 74.1 Å². The lowest BCUT2D eigenvalue weighted by Crippen LogP contribution is -2.29. The number of hydrogen-bond donors (Lipinski definition) is 1. The van der Waals surface area contributed by atoms with Crippen LogP contribution in [0.5, 0.6) is 0 Å². The number of rotatable bonds is 2. The van der Waals surface area contributed by atoms with Crippen LogP contribution in [0.15, 0.2) is 58.7 Å². The van der Waals surface area contributed by atoms with E-state index >= 15 is 0 Å². The number of benzene rings is 2. The van der Waals surface area contributed by atoms with E-state index in [0.29, 0.717) is 22.1 Å². The van der Waals surface area contributed by atoms with E-state index in [2.05, 4.69) is 15.5 Å². The van der Waals surface area contributed by atoms with Gasteiger partial charge in [-0.25, -0.2) is 4.39 Å². The summed E-state index contributed by atoms with van der Waals surface area (Å²) in [5.41, 5.74) is 1.55. The predicted octanol–water partition coefficient (Wildman–Crippen LogP) is 2.62. The SMILES string of the molecule is O=C1Nc2ccc(F)cc2C1=NN=C1SCC(=O)N1c1ccccc1. The van der Waals surface area contributed by atoms with Crippen LogP contribution in [-0.4, -0.2) is 28.4 Å². The van der Waals surface area contributed by atoms with Crippen molar-refractivity contribution >= 4 is 45.8 Å². The van der Waals surface area contributed by atoms with Gasteiger partial charge in [0.2, 0.25) is 5.91 Å². The van der Waals surface area contributed by atoms with Crippen molar-refractivity contribution in [2.24, 2.45) is 10.2 Å². The molecule has 2 aliphatic rings.